The van der Waals surface area contributed by atoms with Gasteiger partial charge in [0.15, 0.2) is 0 Å². The number of hydrogen-bond donors (Lipinski definition) is 2. The molecule has 0 amide bonds. The van der Waals surface area contributed by atoms with Gasteiger partial charge in [-0.2, -0.15) is 0 Å². The van der Waals surface area contributed by atoms with Crippen LogP contribution < -0.4 is 11.1 Å². The van der Waals surface area contributed by atoms with E-state index in [2.05, 4.69) is 17.2 Å². The standard InChI is InChI=1S/C16H17N3O/c1-10-5-8-15(20-10)11(2)19-14-7-6-13(17)16-12(14)4-3-9-18-16/h3-9,11,19H,17H2,1-2H3. The Morgan fingerprint density at radius 3 is 2.80 bits per heavy atom. The number of anilines is 2. The number of aryl methyl sites for hydroxylation is 1. The first-order chi connectivity index (χ1) is 9.65. The summed E-state index contributed by atoms with van der Waals surface area (Å²) < 4.78 is 5.65. The van der Waals surface area contributed by atoms with Crippen molar-refractivity contribution in [3.63, 3.8) is 0 Å². The summed E-state index contributed by atoms with van der Waals surface area (Å²) in [4.78, 5) is 4.34. The third-order valence-electron chi connectivity index (χ3n) is 3.36. The molecule has 0 aliphatic rings. The molecule has 2 heterocycles. The Morgan fingerprint density at radius 2 is 2.05 bits per heavy atom. The van der Waals surface area contributed by atoms with Crippen LogP contribution in [-0.2, 0) is 0 Å². The van der Waals surface area contributed by atoms with Gasteiger partial charge in [-0.05, 0) is 50.2 Å². The monoisotopic (exact) mass is 267 g/mol. The molecule has 3 N–H and O–H groups in total. The molecule has 0 saturated carbocycles. The predicted molar refractivity (Wildman–Crippen MR) is 81.6 cm³/mol. The van der Waals surface area contributed by atoms with Gasteiger partial charge in [0, 0.05) is 17.3 Å². The number of benzene rings is 1. The Hall–Kier alpha value is -2.49. The zero-order valence-electron chi connectivity index (χ0n) is 11.6. The minimum absolute atomic E-state index is 0.0794. The lowest BCUT2D eigenvalue weighted by molar-refractivity contribution is 0.467. The van der Waals surface area contributed by atoms with Crippen molar-refractivity contribution in [2.45, 2.75) is 19.9 Å². The second-order valence-electron chi connectivity index (χ2n) is 4.92. The van der Waals surface area contributed by atoms with Gasteiger partial charge in [0.1, 0.15) is 11.5 Å². The Bertz CT molecular complexity index is 748. The fraction of sp³-hybridized carbons (Fsp3) is 0.188. The van der Waals surface area contributed by atoms with Crippen LogP contribution >= 0.6 is 0 Å². The highest BCUT2D eigenvalue weighted by atomic mass is 16.3. The van der Waals surface area contributed by atoms with Crippen LogP contribution in [0.3, 0.4) is 0 Å². The van der Waals surface area contributed by atoms with Crippen LogP contribution in [0.15, 0.2) is 47.0 Å². The van der Waals surface area contributed by atoms with Crippen LogP contribution in [0.25, 0.3) is 10.9 Å². The largest absolute Gasteiger partial charge is 0.464 e. The Morgan fingerprint density at radius 1 is 1.20 bits per heavy atom. The van der Waals surface area contributed by atoms with E-state index in [0.29, 0.717) is 5.69 Å². The third-order valence-corrected chi connectivity index (χ3v) is 3.36. The molecule has 3 aromatic rings. The molecule has 4 nitrogen and oxygen atoms in total. The van der Waals surface area contributed by atoms with Crippen molar-refractivity contribution in [2.75, 3.05) is 11.1 Å². The smallest absolute Gasteiger partial charge is 0.126 e. The summed E-state index contributed by atoms with van der Waals surface area (Å²) in [5.41, 5.74) is 8.47. The highest BCUT2D eigenvalue weighted by Gasteiger charge is 2.12. The maximum atomic E-state index is 5.96. The molecule has 0 saturated heterocycles. The fourth-order valence-corrected chi connectivity index (χ4v) is 2.31. The number of rotatable bonds is 3. The predicted octanol–water partition coefficient (Wildman–Crippen LogP) is 3.89. The van der Waals surface area contributed by atoms with Crippen molar-refractivity contribution in [2.24, 2.45) is 0 Å². The Kier molecular flexibility index (Phi) is 3.06. The highest BCUT2D eigenvalue weighted by molar-refractivity contribution is 5.98. The third kappa shape index (κ3) is 2.20. The van der Waals surface area contributed by atoms with Gasteiger partial charge < -0.3 is 15.5 Å². The molecule has 1 atom stereocenters. The molecule has 0 aliphatic heterocycles. The van der Waals surface area contributed by atoms with Crippen LogP contribution in [0.4, 0.5) is 11.4 Å². The van der Waals surface area contributed by atoms with Gasteiger partial charge in [0.2, 0.25) is 0 Å². The molecule has 1 unspecified atom stereocenters. The van der Waals surface area contributed by atoms with Gasteiger partial charge in [-0.15, -0.1) is 0 Å². The van der Waals surface area contributed by atoms with Crippen molar-refractivity contribution in [1.29, 1.82) is 0 Å². The van der Waals surface area contributed by atoms with E-state index in [1.807, 2.05) is 43.3 Å². The summed E-state index contributed by atoms with van der Waals surface area (Å²) in [7, 11) is 0. The van der Waals surface area contributed by atoms with Crippen molar-refractivity contribution in [3.8, 4) is 0 Å². The van der Waals surface area contributed by atoms with Gasteiger partial charge in [-0.1, -0.05) is 0 Å². The molecule has 4 heteroatoms. The minimum atomic E-state index is 0.0794. The molecule has 0 spiro atoms. The number of hydrogen-bond acceptors (Lipinski definition) is 4. The van der Waals surface area contributed by atoms with E-state index in [-0.39, 0.29) is 6.04 Å². The van der Waals surface area contributed by atoms with Crippen molar-refractivity contribution >= 4 is 22.3 Å². The minimum Gasteiger partial charge on any atom is -0.464 e. The first-order valence-electron chi connectivity index (χ1n) is 6.61. The van der Waals surface area contributed by atoms with Crippen LogP contribution in [-0.4, -0.2) is 4.98 Å². The van der Waals surface area contributed by atoms with E-state index >= 15 is 0 Å². The first kappa shape index (κ1) is 12.5. The highest BCUT2D eigenvalue weighted by Crippen LogP contribution is 2.29. The lowest BCUT2D eigenvalue weighted by Gasteiger charge is -2.15. The van der Waals surface area contributed by atoms with Crippen molar-refractivity contribution in [3.05, 3.63) is 54.1 Å². The molecule has 0 aliphatic carbocycles. The number of pyridine rings is 1. The summed E-state index contributed by atoms with van der Waals surface area (Å²) >= 11 is 0. The van der Waals surface area contributed by atoms with Crippen LogP contribution in [0, 0.1) is 6.92 Å². The van der Waals surface area contributed by atoms with Crippen molar-refractivity contribution < 1.29 is 4.42 Å². The number of nitrogens with one attached hydrogen (secondary N) is 1. The first-order valence-corrected chi connectivity index (χ1v) is 6.61. The summed E-state index contributed by atoms with van der Waals surface area (Å²) in [6.07, 6.45) is 1.75. The zero-order valence-corrected chi connectivity index (χ0v) is 11.6. The van der Waals surface area contributed by atoms with Gasteiger partial charge in [0.25, 0.3) is 0 Å². The summed E-state index contributed by atoms with van der Waals surface area (Å²) in [6, 6.07) is 11.8. The fourth-order valence-electron chi connectivity index (χ4n) is 2.31. The number of fused-ring (bicyclic) bond motifs is 1. The second-order valence-corrected chi connectivity index (χ2v) is 4.92. The molecular formula is C16H17N3O. The quantitative estimate of drug-likeness (QED) is 0.706. The van der Waals surface area contributed by atoms with Gasteiger partial charge in [-0.25, -0.2) is 0 Å². The number of nitrogens with zero attached hydrogens (tertiary/aromatic N) is 1. The zero-order chi connectivity index (χ0) is 14.1. The average molecular weight is 267 g/mol. The number of furan rings is 1. The number of nitrogen functional groups attached to an aromatic ring is 1. The summed E-state index contributed by atoms with van der Waals surface area (Å²) in [5, 5.41) is 4.47. The van der Waals surface area contributed by atoms with Crippen LogP contribution in [0.1, 0.15) is 24.5 Å². The van der Waals surface area contributed by atoms with Gasteiger partial charge in [0.05, 0.1) is 17.2 Å². The van der Waals surface area contributed by atoms with Gasteiger partial charge >= 0.3 is 0 Å². The molecule has 20 heavy (non-hydrogen) atoms. The van der Waals surface area contributed by atoms with Gasteiger partial charge in [-0.3, -0.25) is 4.98 Å². The number of nitrogens with two attached hydrogens (primary N) is 1. The van der Waals surface area contributed by atoms with E-state index < -0.39 is 0 Å². The van der Waals surface area contributed by atoms with E-state index in [0.717, 1.165) is 28.1 Å². The van der Waals surface area contributed by atoms with E-state index in [1.54, 1.807) is 6.20 Å². The van der Waals surface area contributed by atoms with Crippen molar-refractivity contribution in [1.82, 2.24) is 4.98 Å². The lowest BCUT2D eigenvalue weighted by atomic mass is 10.1. The molecule has 0 fully saturated rings. The average Bonchev–Trinajstić information content (AvgIpc) is 2.89. The maximum absolute atomic E-state index is 5.96. The van der Waals surface area contributed by atoms with E-state index in [1.165, 1.54) is 0 Å². The normalized spacial score (nSPS) is 12.5. The Balaban J connectivity index is 1.97. The van der Waals surface area contributed by atoms with Crippen LogP contribution in [0.2, 0.25) is 0 Å². The molecule has 0 bridgehead atoms. The molecule has 1 aromatic carbocycles. The molecule has 102 valence electrons. The van der Waals surface area contributed by atoms with E-state index in [4.69, 9.17) is 10.2 Å². The molecule has 2 aromatic heterocycles. The molecule has 3 rings (SSSR count). The Labute approximate surface area is 117 Å². The lowest BCUT2D eigenvalue weighted by Crippen LogP contribution is -2.06. The summed E-state index contributed by atoms with van der Waals surface area (Å²) in [5.74, 6) is 1.83. The maximum Gasteiger partial charge on any atom is 0.126 e. The molecular weight excluding hydrogens is 250 g/mol. The molecule has 0 radical (unpaired) electrons. The SMILES string of the molecule is Cc1ccc(C(C)Nc2ccc(N)c3ncccc23)o1. The second kappa shape index (κ2) is 4.89. The topological polar surface area (TPSA) is 64.1 Å². The van der Waals surface area contributed by atoms with E-state index in [9.17, 15) is 0 Å². The summed E-state index contributed by atoms with van der Waals surface area (Å²) in [6.45, 7) is 4.01. The number of aromatic nitrogens is 1. The van der Waals surface area contributed by atoms with Crippen LogP contribution in [0.5, 0.6) is 0 Å².